The summed E-state index contributed by atoms with van der Waals surface area (Å²) in [5, 5.41) is 4.68. The largest absolute Gasteiger partial charge is 0.489 e. The zero-order chi connectivity index (χ0) is 72.0. The van der Waals surface area contributed by atoms with Crippen LogP contribution in [0.4, 0.5) is 35.1 Å². The van der Waals surface area contributed by atoms with E-state index in [1.54, 1.807) is 24.3 Å². The summed E-state index contributed by atoms with van der Waals surface area (Å²) in [7, 11) is -1.37. The summed E-state index contributed by atoms with van der Waals surface area (Å²) in [6.07, 6.45) is -9.21. The molecule has 0 aliphatic carbocycles. The van der Waals surface area contributed by atoms with Gasteiger partial charge in [0, 0.05) is 112 Å². The molecule has 3 heterocycles. The van der Waals surface area contributed by atoms with Gasteiger partial charge in [0.25, 0.3) is 0 Å². The summed E-state index contributed by atoms with van der Waals surface area (Å²) in [5.41, 5.74) is 4.52. The second-order valence-corrected chi connectivity index (χ2v) is 36.3. The van der Waals surface area contributed by atoms with Crippen molar-refractivity contribution in [1.29, 1.82) is 0 Å². The predicted molar refractivity (Wildman–Crippen MR) is 434 cm³/mol. The van der Waals surface area contributed by atoms with Gasteiger partial charge in [0.05, 0.1) is 21.9 Å². The molecule has 0 N–H and O–H groups in total. The normalized spacial score (nSPS) is 12.1. The van der Waals surface area contributed by atoms with Crippen LogP contribution in [-0.4, -0.2) is 0 Å². The van der Waals surface area contributed by atoms with Crippen molar-refractivity contribution in [2.24, 2.45) is 0 Å². The Labute approximate surface area is 635 Å². The number of ether oxygens (including phenoxy) is 3. The van der Waals surface area contributed by atoms with Crippen LogP contribution in [-0.2, 0) is 43.0 Å². The molecule has 0 aliphatic heterocycles. The Morgan fingerprint density at radius 1 is 0.275 bits per heavy atom. The van der Waals surface area contributed by atoms with Gasteiger partial charge in [-0.05, 0) is 264 Å². The maximum absolute atomic E-state index is 13.9. The van der Waals surface area contributed by atoms with Crippen molar-refractivity contribution in [2.75, 3.05) is 0 Å². The lowest BCUT2D eigenvalue weighted by Crippen LogP contribution is -2.10. The highest BCUT2D eigenvalue weighted by Gasteiger charge is 2.36. The quantitative estimate of drug-likeness (QED) is 0.0693. The Kier molecular flexibility index (Phi) is 21.2. The van der Waals surface area contributed by atoms with Crippen LogP contribution < -0.4 is 14.2 Å². The first-order valence-corrected chi connectivity index (χ1v) is 39.5. The van der Waals surface area contributed by atoms with Gasteiger partial charge >= 0.3 is 12.4 Å². The first-order chi connectivity index (χ1) is 48.6. The molecule has 12 aromatic carbocycles. The van der Waals surface area contributed by atoms with Crippen molar-refractivity contribution in [3.8, 4) is 31.9 Å². The fraction of sp³-hybridized carbons (Fsp3) is 0.153. The van der Waals surface area contributed by atoms with Gasteiger partial charge in [0.1, 0.15) is 48.7 Å². The van der Waals surface area contributed by atoms with Gasteiger partial charge in [-0.25, -0.2) is 8.78 Å². The van der Waals surface area contributed by atoms with Crippen molar-refractivity contribution in [2.45, 2.75) is 84.5 Å². The van der Waals surface area contributed by atoms with Crippen LogP contribution in [0.5, 0.6) is 17.2 Å². The fourth-order valence-corrected chi connectivity index (χ4v) is 20.2. The van der Waals surface area contributed by atoms with Gasteiger partial charge in [-0.3, -0.25) is 0 Å². The molecule has 15 aromatic rings. The third kappa shape index (κ3) is 16.3. The van der Waals surface area contributed by atoms with Crippen LogP contribution in [0.2, 0.25) is 0 Å². The SMILES string of the molecule is CC(C)(C)c1ccc2c(c1)c1cc(C(C)(C)C)ccc1[s+]2-c1ccc(OCc2ccc(I)cc2)cc1.FC(F)(F)c1ccc2c(c1)c1cc(C(F)(F)F)ccc1[s+]2-c1ccc(OCc2ccc(I)cc2)cc1.Fc1ccc2c(c1)c1cc(F)ccc1[s+]2-c1ccc(OCc2ccc(I)cc2)cc1. The maximum Gasteiger partial charge on any atom is 0.416 e. The summed E-state index contributed by atoms with van der Waals surface area (Å²) in [4.78, 5) is 3.20. The van der Waals surface area contributed by atoms with Crippen molar-refractivity contribution >= 4 is 160 Å². The molecule has 3 aromatic heterocycles. The van der Waals surface area contributed by atoms with Crippen LogP contribution in [0, 0.1) is 22.3 Å². The molecular formula is C85H66F8I3O3S3+3. The number of benzene rings is 12. The Morgan fingerprint density at radius 2 is 0.500 bits per heavy atom. The van der Waals surface area contributed by atoms with Crippen molar-refractivity contribution in [3.05, 3.63) is 316 Å². The van der Waals surface area contributed by atoms with Crippen LogP contribution in [0.25, 0.3) is 75.2 Å². The van der Waals surface area contributed by atoms with Crippen molar-refractivity contribution < 1.29 is 49.3 Å². The highest BCUT2D eigenvalue weighted by atomic mass is 127. The summed E-state index contributed by atoms with van der Waals surface area (Å²) in [6, 6.07) is 78.9. The zero-order valence-corrected chi connectivity index (χ0v) is 64.9. The second-order valence-electron chi connectivity index (χ2n) is 26.7. The zero-order valence-electron chi connectivity index (χ0n) is 56.0. The van der Waals surface area contributed by atoms with Gasteiger partial charge in [-0.1, -0.05) is 90.1 Å². The van der Waals surface area contributed by atoms with E-state index in [1.807, 2.05) is 60.7 Å². The lowest BCUT2D eigenvalue weighted by molar-refractivity contribution is -0.138. The number of hydrogen-bond donors (Lipinski definition) is 0. The smallest absolute Gasteiger partial charge is 0.416 e. The molecular weight excluding hydrogens is 1700 g/mol. The van der Waals surface area contributed by atoms with E-state index in [0.29, 0.717) is 35.0 Å². The Balaban J connectivity index is 0.000000137. The fourth-order valence-electron chi connectivity index (χ4n) is 12.1. The third-order valence-electron chi connectivity index (χ3n) is 17.5. The minimum absolute atomic E-state index is 0.118. The number of fused-ring (bicyclic) bond motifs is 9. The molecule has 0 amide bonds. The van der Waals surface area contributed by atoms with E-state index in [0.717, 1.165) is 80.4 Å². The Hall–Kier alpha value is -7.67. The minimum Gasteiger partial charge on any atom is -0.489 e. The molecule has 0 fully saturated rings. The molecule has 17 heteroatoms. The molecule has 3 nitrogen and oxygen atoms in total. The third-order valence-corrected chi connectivity index (χ3v) is 26.7. The highest BCUT2D eigenvalue weighted by molar-refractivity contribution is 14.1. The van der Waals surface area contributed by atoms with Crippen LogP contribution in [0.1, 0.15) is 80.5 Å². The molecule has 15 rings (SSSR count). The predicted octanol–water partition coefficient (Wildman–Crippen LogP) is 28.7. The molecule has 0 atom stereocenters. The van der Waals surface area contributed by atoms with Crippen molar-refractivity contribution in [1.82, 2.24) is 0 Å². The number of hydrogen-bond acceptors (Lipinski definition) is 3. The van der Waals surface area contributed by atoms with E-state index in [2.05, 4.69) is 219 Å². The molecule has 0 radical (unpaired) electrons. The number of rotatable bonds is 12. The average Bonchev–Trinajstić information content (AvgIpc) is 1.61. The van der Waals surface area contributed by atoms with Crippen molar-refractivity contribution in [3.63, 3.8) is 0 Å². The molecule has 0 unspecified atom stereocenters. The molecule has 0 spiro atoms. The average molecular weight is 1760 g/mol. The van der Waals surface area contributed by atoms with Crippen LogP contribution in [0.3, 0.4) is 0 Å². The van der Waals surface area contributed by atoms with E-state index in [4.69, 9.17) is 14.2 Å². The standard InChI is InChI=1S/C33H34IOS.C27H16F6IOS.C25H16F2IOS/c1-32(2,3)23-9-17-30-28(19-23)29-20-24(33(4,5)6)10-18-31(29)36(30)27-15-13-26(14-16-27)35-21-22-7-11-25(34)12-8-22;28-26(29,30)17-3-11-24-22(13-17)23-14-18(27(31,32)33)4-12-25(23)36(24)21-9-7-20(8-10-21)35-15-16-1-5-19(34)6-2-16;26-17-3-11-24-22(13-17)23-14-18(27)4-12-25(23)30(24)21-9-7-20(8-10-21)29-15-16-1-5-19(28)6-2-16/h7-20H,21H2,1-6H3;1-14H,15H2;1-14H,15H2/q3*+1. The summed E-state index contributed by atoms with van der Waals surface area (Å²) >= 11 is 6.83. The Morgan fingerprint density at radius 3 is 0.745 bits per heavy atom. The van der Waals surface area contributed by atoms with Crippen LogP contribution >= 0.6 is 99.2 Å². The molecule has 0 aliphatic rings. The van der Waals surface area contributed by atoms with E-state index >= 15 is 0 Å². The molecule has 102 heavy (non-hydrogen) atoms. The van der Waals surface area contributed by atoms with Gasteiger partial charge in [-0.2, -0.15) is 26.3 Å². The van der Waals surface area contributed by atoms with Crippen LogP contribution in [0.15, 0.2) is 255 Å². The number of thiophene rings is 3. The monoisotopic (exact) mass is 1760 g/mol. The molecule has 516 valence electrons. The van der Waals surface area contributed by atoms with E-state index in [9.17, 15) is 35.1 Å². The molecule has 0 saturated carbocycles. The van der Waals surface area contributed by atoms with Gasteiger partial charge in [-0.15, -0.1) is 0 Å². The number of alkyl halides is 6. The summed E-state index contributed by atoms with van der Waals surface area (Å²) < 4.78 is 136. The van der Waals surface area contributed by atoms with Gasteiger partial charge in [0.2, 0.25) is 0 Å². The van der Waals surface area contributed by atoms with Gasteiger partial charge in [0.15, 0.2) is 42.9 Å². The minimum atomic E-state index is -4.60. The Bertz CT molecular complexity index is 5100. The molecule has 0 saturated heterocycles. The van der Waals surface area contributed by atoms with E-state index in [-0.39, 0.29) is 43.7 Å². The first kappa shape index (κ1) is 72.7. The summed E-state index contributed by atoms with van der Waals surface area (Å²) in [6.45, 7) is 15.2. The lowest BCUT2D eigenvalue weighted by atomic mass is 9.85. The lowest BCUT2D eigenvalue weighted by Gasteiger charge is -2.19. The highest BCUT2D eigenvalue weighted by Crippen LogP contribution is 2.54. The topological polar surface area (TPSA) is 27.7 Å². The maximum atomic E-state index is 13.9. The summed E-state index contributed by atoms with van der Waals surface area (Å²) in [5.74, 6) is 1.69. The second kappa shape index (κ2) is 29.8. The first-order valence-electron chi connectivity index (χ1n) is 32.6. The number of halogens is 11. The van der Waals surface area contributed by atoms with E-state index < -0.39 is 44.4 Å². The van der Waals surface area contributed by atoms with E-state index in [1.165, 1.54) is 85.3 Å². The van der Waals surface area contributed by atoms with Gasteiger partial charge < -0.3 is 14.2 Å². The molecule has 0 bridgehead atoms.